The van der Waals surface area contributed by atoms with E-state index in [4.69, 9.17) is 0 Å². The molecule has 1 fully saturated rings. The summed E-state index contributed by atoms with van der Waals surface area (Å²) in [7, 11) is 0. The Labute approximate surface area is 188 Å². The molecule has 5 nitrogen and oxygen atoms in total. The normalized spacial score (nSPS) is 26.6. The first-order chi connectivity index (χ1) is 15.3. The predicted molar refractivity (Wildman–Crippen MR) is 129 cm³/mol. The van der Waals surface area contributed by atoms with Crippen LogP contribution in [0.25, 0.3) is 0 Å². The summed E-state index contributed by atoms with van der Waals surface area (Å²) in [5.74, 6) is 0.892. The van der Waals surface area contributed by atoms with Gasteiger partial charge >= 0.3 is 6.03 Å². The molecule has 3 heterocycles. The van der Waals surface area contributed by atoms with Gasteiger partial charge in [-0.05, 0) is 56.3 Å². The number of benzene rings is 1. The van der Waals surface area contributed by atoms with E-state index in [2.05, 4.69) is 39.5 Å². The summed E-state index contributed by atoms with van der Waals surface area (Å²) in [6, 6.07) is 8.99. The van der Waals surface area contributed by atoms with E-state index in [1.165, 1.54) is 76.2 Å². The van der Waals surface area contributed by atoms with E-state index in [9.17, 15) is 4.79 Å². The van der Waals surface area contributed by atoms with E-state index in [0.29, 0.717) is 12.6 Å². The SMILES string of the molecule is O=C1/N=C(/NC2CCCCC2)CCN2CCCCCCCCc3ccc(cc3)N1CC2. The van der Waals surface area contributed by atoms with Crippen molar-refractivity contribution in [1.29, 1.82) is 0 Å². The molecule has 0 radical (unpaired) electrons. The molecule has 4 aliphatic rings. The molecule has 2 amide bonds. The molecule has 1 aromatic rings. The van der Waals surface area contributed by atoms with Crippen LogP contribution >= 0.6 is 0 Å². The minimum Gasteiger partial charge on any atom is -0.371 e. The quantitative estimate of drug-likeness (QED) is 0.644. The fourth-order valence-electron chi connectivity index (χ4n) is 5.21. The van der Waals surface area contributed by atoms with Gasteiger partial charge in [0.1, 0.15) is 5.84 Å². The van der Waals surface area contributed by atoms with Gasteiger partial charge in [0.2, 0.25) is 0 Å². The van der Waals surface area contributed by atoms with Crippen LogP contribution in [0.2, 0.25) is 0 Å². The van der Waals surface area contributed by atoms with E-state index in [-0.39, 0.29) is 6.03 Å². The highest BCUT2D eigenvalue weighted by atomic mass is 16.2. The highest BCUT2D eigenvalue weighted by Gasteiger charge is 2.22. The summed E-state index contributed by atoms with van der Waals surface area (Å²) < 4.78 is 0. The number of hydrogen-bond acceptors (Lipinski definition) is 3. The molecule has 1 unspecified atom stereocenters. The molecule has 1 aromatic carbocycles. The van der Waals surface area contributed by atoms with E-state index in [1.807, 2.05) is 4.90 Å². The van der Waals surface area contributed by atoms with Crippen molar-refractivity contribution in [3.63, 3.8) is 0 Å². The van der Waals surface area contributed by atoms with Gasteiger partial charge < -0.3 is 10.2 Å². The Hall–Kier alpha value is -1.88. The number of aliphatic imine (C=N–C) groups is 1. The zero-order valence-electron chi connectivity index (χ0n) is 19.2. The summed E-state index contributed by atoms with van der Waals surface area (Å²) in [6.45, 7) is 3.73. The second kappa shape index (κ2) is 11.7. The standard InChI is InChI=1S/C26H40N4O/c31-26-28-25(27-23-11-7-5-8-12-23)17-19-29-18-9-4-2-1-3-6-10-22-13-15-24(16-14-22)30(26)21-20-29/h13-16,23H,1-12,17-21H2,(H,27,28,31). The molecule has 5 heteroatoms. The molecule has 1 saturated carbocycles. The van der Waals surface area contributed by atoms with Crippen LogP contribution in [0.3, 0.4) is 0 Å². The van der Waals surface area contributed by atoms with Crippen LogP contribution in [-0.4, -0.2) is 49.0 Å². The maximum Gasteiger partial charge on any atom is 0.349 e. The topological polar surface area (TPSA) is 47.9 Å². The molecule has 170 valence electrons. The summed E-state index contributed by atoms with van der Waals surface area (Å²) in [6.07, 6.45) is 16.1. The maximum absolute atomic E-state index is 13.2. The van der Waals surface area contributed by atoms with Gasteiger partial charge in [-0.2, -0.15) is 4.99 Å². The maximum atomic E-state index is 13.2. The van der Waals surface area contributed by atoms with Gasteiger partial charge in [-0.25, -0.2) is 4.79 Å². The predicted octanol–water partition coefficient (Wildman–Crippen LogP) is 5.54. The Bertz CT molecular complexity index is 723. The zero-order valence-corrected chi connectivity index (χ0v) is 19.2. The van der Waals surface area contributed by atoms with Crippen molar-refractivity contribution in [2.75, 3.05) is 31.1 Å². The van der Waals surface area contributed by atoms with Gasteiger partial charge in [-0.15, -0.1) is 0 Å². The first-order valence-electron chi connectivity index (χ1n) is 12.7. The van der Waals surface area contributed by atoms with E-state index in [1.54, 1.807) is 0 Å². The van der Waals surface area contributed by atoms with Crippen LogP contribution < -0.4 is 10.2 Å². The second-order valence-electron chi connectivity index (χ2n) is 9.60. The molecule has 4 bridgehead atoms. The smallest absolute Gasteiger partial charge is 0.349 e. The molecule has 3 aliphatic heterocycles. The first-order valence-corrected chi connectivity index (χ1v) is 12.7. The number of aryl methyl sites for hydroxylation is 1. The molecule has 1 aliphatic carbocycles. The number of nitrogens with zero attached hydrogens (tertiary/aromatic N) is 3. The fourth-order valence-corrected chi connectivity index (χ4v) is 5.21. The van der Waals surface area contributed by atoms with Gasteiger partial charge in [0.15, 0.2) is 0 Å². The molecule has 0 spiro atoms. The molecular weight excluding hydrogens is 384 g/mol. The van der Waals surface area contributed by atoms with Crippen LogP contribution in [0.5, 0.6) is 0 Å². The van der Waals surface area contributed by atoms with Gasteiger partial charge in [-0.1, -0.05) is 57.1 Å². The van der Waals surface area contributed by atoms with Crippen molar-refractivity contribution in [3.8, 4) is 0 Å². The number of carbonyl (C=O) groups excluding carboxylic acids is 1. The monoisotopic (exact) mass is 424 g/mol. The lowest BCUT2D eigenvalue weighted by atomic mass is 9.95. The van der Waals surface area contributed by atoms with Crippen molar-refractivity contribution in [1.82, 2.24) is 10.2 Å². The number of urea groups is 1. The number of fused-ring (bicyclic) bond motifs is 9. The third-order valence-corrected chi connectivity index (χ3v) is 7.18. The summed E-state index contributed by atoms with van der Waals surface area (Å²) in [4.78, 5) is 22.3. The number of anilines is 1. The van der Waals surface area contributed by atoms with Crippen LogP contribution in [0.15, 0.2) is 29.3 Å². The molecule has 0 saturated heterocycles. The summed E-state index contributed by atoms with van der Waals surface area (Å²) in [5, 5.41) is 3.66. The van der Waals surface area contributed by atoms with Gasteiger partial charge in [0.25, 0.3) is 0 Å². The van der Waals surface area contributed by atoms with Crippen molar-refractivity contribution in [2.24, 2.45) is 4.99 Å². The first kappa shape index (κ1) is 22.3. The number of carbonyl (C=O) groups is 1. The second-order valence-corrected chi connectivity index (χ2v) is 9.60. The Morgan fingerprint density at radius 2 is 1.45 bits per heavy atom. The number of nitrogens with one attached hydrogen (secondary N) is 1. The highest BCUT2D eigenvalue weighted by molar-refractivity contribution is 6.01. The number of rotatable bonds is 1. The molecule has 1 N–H and O–H groups in total. The van der Waals surface area contributed by atoms with E-state index < -0.39 is 0 Å². The van der Waals surface area contributed by atoms with Crippen LogP contribution in [0.4, 0.5) is 10.5 Å². The average molecular weight is 425 g/mol. The molecular formula is C26H40N4O. The molecule has 1 atom stereocenters. The fraction of sp³-hybridized carbons (Fsp3) is 0.692. The van der Waals surface area contributed by atoms with Crippen molar-refractivity contribution in [3.05, 3.63) is 29.8 Å². The van der Waals surface area contributed by atoms with Crippen molar-refractivity contribution < 1.29 is 4.79 Å². The van der Waals surface area contributed by atoms with Gasteiger partial charge in [0.05, 0.1) is 0 Å². The lowest BCUT2D eigenvalue weighted by Gasteiger charge is -2.26. The zero-order chi connectivity index (χ0) is 21.3. The number of hydrogen-bond donors (Lipinski definition) is 1. The summed E-state index contributed by atoms with van der Waals surface area (Å²) in [5.41, 5.74) is 2.35. The van der Waals surface area contributed by atoms with Crippen molar-refractivity contribution in [2.45, 2.75) is 89.5 Å². The minimum absolute atomic E-state index is 0.117. The Morgan fingerprint density at radius 1 is 0.742 bits per heavy atom. The number of amides is 2. The third kappa shape index (κ3) is 6.80. The van der Waals surface area contributed by atoms with Crippen LogP contribution in [0, 0.1) is 0 Å². The van der Waals surface area contributed by atoms with E-state index >= 15 is 0 Å². The Balaban J connectivity index is 1.55. The summed E-state index contributed by atoms with van der Waals surface area (Å²) >= 11 is 0. The van der Waals surface area contributed by atoms with E-state index in [0.717, 1.165) is 44.0 Å². The van der Waals surface area contributed by atoms with Crippen LogP contribution in [0.1, 0.15) is 82.6 Å². The van der Waals surface area contributed by atoms with Gasteiger partial charge in [-0.3, -0.25) is 4.90 Å². The average Bonchev–Trinajstić information content (AvgIpc) is 2.85. The molecule has 31 heavy (non-hydrogen) atoms. The number of amidine groups is 1. The Kier molecular flexibility index (Phi) is 8.39. The largest absolute Gasteiger partial charge is 0.371 e. The minimum atomic E-state index is -0.117. The van der Waals surface area contributed by atoms with Crippen LogP contribution in [-0.2, 0) is 6.42 Å². The van der Waals surface area contributed by atoms with Gasteiger partial charge in [0, 0.05) is 37.8 Å². The van der Waals surface area contributed by atoms with Crippen molar-refractivity contribution >= 4 is 17.6 Å². The third-order valence-electron chi connectivity index (χ3n) is 7.18. The molecule has 5 rings (SSSR count). The molecule has 0 aromatic heterocycles. The Morgan fingerprint density at radius 3 is 2.26 bits per heavy atom. The lowest BCUT2D eigenvalue weighted by molar-refractivity contribution is 0.250. The lowest BCUT2D eigenvalue weighted by Crippen LogP contribution is -2.38. The highest BCUT2D eigenvalue weighted by Crippen LogP contribution is 2.21.